The predicted octanol–water partition coefficient (Wildman–Crippen LogP) is 3.99. The molecule has 0 aliphatic carbocycles. The zero-order valence-corrected chi connectivity index (χ0v) is 12.7. The minimum atomic E-state index is -4.93. The molecule has 22 heavy (non-hydrogen) atoms. The third-order valence-corrected chi connectivity index (χ3v) is 3.95. The lowest BCUT2D eigenvalue weighted by atomic mass is 9.80. The first-order chi connectivity index (χ1) is 10.2. The van der Waals surface area contributed by atoms with E-state index in [4.69, 9.17) is 11.6 Å². The van der Waals surface area contributed by atoms with Gasteiger partial charge in [0.05, 0.1) is 11.9 Å². The number of aryl methyl sites for hydroxylation is 1. The van der Waals surface area contributed by atoms with E-state index < -0.39 is 23.4 Å². The lowest BCUT2D eigenvalue weighted by molar-refractivity contribution is -0.276. The minimum Gasteiger partial charge on any atom is -0.375 e. The molecule has 0 spiro atoms. The molecular weight excluding hydrogens is 317 g/mol. The van der Waals surface area contributed by atoms with Gasteiger partial charge in [0, 0.05) is 17.1 Å². The van der Waals surface area contributed by atoms with Crippen molar-refractivity contribution in [2.45, 2.75) is 31.5 Å². The van der Waals surface area contributed by atoms with Gasteiger partial charge in [0.2, 0.25) is 5.60 Å². The summed E-state index contributed by atoms with van der Waals surface area (Å²) in [7, 11) is 0. The molecule has 1 aromatic heterocycles. The second-order valence-electron chi connectivity index (χ2n) is 5.05. The van der Waals surface area contributed by atoms with Crippen molar-refractivity contribution in [3.05, 3.63) is 58.6 Å². The molecule has 0 amide bonds. The Morgan fingerprint density at radius 3 is 2.27 bits per heavy atom. The number of hydrogen-bond acceptors (Lipinski definition) is 3. The number of rotatable bonds is 3. The Hall–Kier alpha value is -1.66. The van der Waals surface area contributed by atoms with Crippen LogP contribution in [0.25, 0.3) is 0 Å². The summed E-state index contributed by atoms with van der Waals surface area (Å²) < 4.78 is 40.8. The Labute approximate surface area is 130 Å². The van der Waals surface area contributed by atoms with Crippen molar-refractivity contribution in [3.63, 3.8) is 0 Å². The first-order valence-electron chi connectivity index (χ1n) is 6.50. The van der Waals surface area contributed by atoms with Crippen LogP contribution in [0.3, 0.4) is 0 Å². The molecule has 1 heterocycles. The van der Waals surface area contributed by atoms with Crippen LogP contribution in [0.2, 0.25) is 5.02 Å². The summed E-state index contributed by atoms with van der Waals surface area (Å²) in [6.45, 7) is 2.86. The van der Waals surface area contributed by atoms with Crippen LogP contribution in [0.1, 0.15) is 29.8 Å². The maximum atomic E-state index is 13.6. The summed E-state index contributed by atoms with van der Waals surface area (Å²) >= 11 is 5.97. The van der Waals surface area contributed by atoms with Gasteiger partial charge in [-0.2, -0.15) is 13.2 Å². The largest absolute Gasteiger partial charge is 0.423 e. The molecule has 3 nitrogen and oxygen atoms in total. The average Bonchev–Trinajstić information content (AvgIpc) is 2.46. The van der Waals surface area contributed by atoms with Crippen LogP contribution >= 0.6 is 11.6 Å². The number of hydrogen-bond donors (Lipinski definition) is 1. The van der Waals surface area contributed by atoms with Crippen molar-refractivity contribution in [1.82, 2.24) is 9.97 Å². The van der Waals surface area contributed by atoms with Gasteiger partial charge in [0.25, 0.3) is 0 Å². The van der Waals surface area contributed by atoms with Crippen LogP contribution in [0.15, 0.2) is 36.7 Å². The Morgan fingerprint density at radius 1 is 1.14 bits per heavy atom. The highest BCUT2D eigenvalue weighted by Gasteiger charge is 2.60. The monoisotopic (exact) mass is 330 g/mol. The molecule has 2 atom stereocenters. The van der Waals surface area contributed by atoms with Crippen LogP contribution in [-0.2, 0) is 5.60 Å². The number of aromatic nitrogens is 2. The molecule has 118 valence electrons. The molecular formula is C15H14ClF3N2O. The highest BCUT2D eigenvalue weighted by Crippen LogP contribution is 2.48. The van der Waals surface area contributed by atoms with E-state index in [1.807, 2.05) is 0 Å². The molecule has 0 radical (unpaired) electrons. The molecule has 2 aromatic rings. The van der Waals surface area contributed by atoms with Crippen LogP contribution < -0.4 is 0 Å². The summed E-state index contributed by atoms with van der Waals surface area (Å²) in [6.07, 6.45) is -2.81. The van der Waals surface area contributed by atoms with Gasteiger partial charge < -0.3 is 5.11 Å². The second kappa shape index (κ2) is 5.85. The molecule has 0 bridgehead atoms. The first kappa shape index (κ1) is 16.7. The smallest absolute Gasteiger partial charge is 0.375 e. The fourth-order valence-electron chi connectivity index (χ4n) is 2.25. The molecule has 1 N–H and O–H groups in total. The van der Waals surface area contributed by atoms with Crippen LogP contribution in [0, 0.1) is 6.92 Å². The molecule has 0 aliphatic heterocycles. The van der Waals surface area contributed by atoms with E-state index in [2.05, 4.69) is 9.97 Å². The van der Waals surface area contributed by atoms with Crippen LogP contribution in [0.5, 0.6) is 0 Å². The van der Waals surface area contributed by atoms with Crippen molar-refractivity contribution in [1.29, 1.82) is 0 Å². The van der Waals surface area contributed by atoms with Gasteiger partial charge in [-0.25, -0.2) is 0 Å². The summed E-state index contributed by atoms with van der Waals surface area (Å²) in [5.74, 6) is -1.35. The summed E-state index contributed by atoms with van der Waals surface area (Å²) in [6, 6.07) is 6.10. The van der Waals surface area contributed by atoms with E-state index >= 15 is 0 Å². The van der Waals surface area contributed by atoms with E-state index in [-0.39, 0.29) is 10.6 Å². The highest BCUT2D eigenvalue weighted by molar-refractivity contribution is 6.31. The zero-order valence-electron chi connectivity index (χ0n) is 11.9. The quantitative estimate of drug-likeness (QED) is 0.925. The molecule has 0 unspecified atom stereocenters. The predicted molar refractivity (Wildman–Crippen MR) is 76.6 cm³/mol. The molecule has 1 aromatic carbocycles. The molecule has 0 aliphatic rings. The normalized spacial score (nSPS) is 16.1. The fraction of sp³-hybridized carbons (Fsp3) is 0.333. The number of aliphatic hydroxyl groups is 1. The van der Waals surface area contributed by atoms with E-state index in [0.717, 1.165) is 6.20 Å². The molecule has 0 saturated heterocycles. The van der Waals surface area contributed by atoms with Gasteiger partial charge in [0.15, 0.2) is 0 Å². The second-order valence-corrected chi connectivity index (χ2v) is 5.46. The van der Waals surface area contributed by atoms with Crippen molar-refractivity contribution >= 4 is 11.6 Å². The molecule has 0 fully saturated rings. The van der Waals surface area contributed by atoms with Gasteiger partial charge in [-0.15, -0.1) is 0 Å². The summed E-state index contributed by atoms with van der Waals surface area (Å²) in [4.78, 5) is 7.52. The third kappa shape index (κ3) is 2.80. The Morgan fingerprint density at radius 2 is 1.77 bits per heavy atom. The standard InChI is InChI=1S/C15H14ClF3N2O/c1-9-7-21-13(8-20-9)14(22,15(17,18)19)10(2)11-5-3-4-6-12(11)16/h3-8,10,22H,1-2H3/t10-,14-/m0/s1. The number of halogens is 4. The topological polar surface area (TPSA) is 46.0 Å². The van der Waals surface area contributed by atoms with Crippen LogP contribution in [-0.4, -0.2) is 21.3 Å². The number of benzene rings is 1. The van der Waals surface area contributed by atoms with Gasteiger partial charge in [-0.05, 0) is 18.6 Å². The maximum Gasteiger partial charge on any atom is 0.423 e. The van der Waals surface area contributed by atoms with Crippen molar-refractivity contribution in [2.75, 3.05) is 0 Å². The van der Waals surface area contributed by atoms with Gasteiger partial charge in [-0.3, -0.25) is 9.97 Å². The average molecular weight is 331 g/mol. The molecule has 0 saturated carbocycles. The van der Waals surface area contributed by atoms with Crippen molar-refractivity contribution in [3.8, 4) is 0 Å². The van der Waals surface area contributed by atoms with Crippen molar-refractivity contribution < 1.29 is 18.3 Å². The number of alkyl halides is 3. The number of nitrogens with zero attached hydrogens (tertiary/aromatic N) is 2. The highest BCUT2D eigenvalue weighted by atomic mass is 35.5. The van der Waals surface area contributed by atoms with Crippen molar-refractivity contribution in [2.24, 2.45) is 0 Å². The summed E-state index contributed by atoms with van der Waals surface area (Å²) in [5, 5.41) is 10.6. The molecule has 7 heteroatoms. The van der Waals surface area contributed by atoms with E-state index in [9.17, 15) is 18.3 Å². The third-order valence-electron chi connectivity index (χ3n) is 3.60. The minimum absolute atomic E-state index is 0.151. The Kier molecular flexibility index (Phi) is 4.44. The Bertz CT molecular complexity index is 661. The SMILES string of the molecule is Cc1cnc([C@@](O)([C@@H](C)c2ccccc2Cl)C(F)(F)F)cn1. The van der Waals surface area contributed by atoms with Gasteiger partial charge in [0.1, 0.15) is 5.69 Å². The maximum absolute atomic E-state index is 13.6. The van der Waals surface area contributed by atoms with Gasteiger partial charge in [-0.1, -0.05) is 36.7 Å². The van der Waals surface area contributed by atoms with Gasteiger partial charge >= 0.3 is 6.18 Å². The zero-order chi connectivity index (χ0) is 16.5. The first-order valence-corrected chi connectivity index (χ1v) is 6.88. The lowest BCUT2D eigenvalue weighted by Crippen LogP contribution is -2.47. The lowest BCUT2D eigenvalue weighted by Gasteiger charge is -2.35. The fourth-order valence-corrected chi connectivity index (χ4v) is 2.55. The van der Waals surface area contributed by atoms with E-state index in [0.29, 0.717) is 5.69 Å². The molecule has 2 rings (SSSR count). The Balaban J connectivity index is 2.60. The van der Waals surface area contributed by atoms with E-state index in [1.165, 1.54) is 25.3 Å². The van der Waals surface area contributed by atoms with E-state index in [1.54, 1.807) is 19.1 Å². The summed E-state index contributed by atoms with van der Waals surface area (Å²) in [5.41, 5.74) is -3.10. The van der Waals surface area contributed by atoms with Crippen LogP contribution in [0.4, 0.5) is 13.2 Å².